The standard InChI is InChI=1S/C15H16O4/c1-3-17-12-8-18-14-10-6-4-5-7-11(10)19-15(16)13(14)9(12)2/h4-7,9,12H,3,8H2,1-2H3. The monoisotopic (exact) mass is 260 g/mol. The van der Waals surface area contributed by atoms with Gasteiger partial charge in [0.15, 0.2) is 0 Å². The van der Waals surface area contributed by atoms with Gasteiger partial charge in [0.2, 0.25) is 0 Å². The molecule has 2 aromatic rings. The summed E-state index contributed by atoms with van der Waals surface area (Å²) in [6.07, 6.45) is -0.0958. The maximum Gasteiger partial charge on any atom is 0.343 e. The zero-order valence-electron chi connectivity index (χ0n) is 11.0. The van der Waals surface area contributed by atoms with Gasteiger partial charge >= 0.3 is 5.63 Å². The third-order valence-corrected chi connectivity index (χ3v) is 3.58. The Labute approximate surface area is 110 Å². The topological polar surface area (TPSA) is 48.7 Å². The first-order valence-corrected chi connectivity index (χ1v) is 6.52. The van der Waals surface area contributed by atoms with Crippen molar-refractivity contribution in [1.82, 2.24) is 0 Å². The molecule has 0 amide bonds. The van der Waals surface area contributed by atoms with E-state index in [1.807, 2.05) is 32.0 Å². The SMILES string of the molecule is CCOC1COc2c(c(=O)oc3ccccc23)C1C. The van der Waals surface area contributed by atoms with Gasteiger partial charge in [0.05, 0.1) is 17.1 Å². The van der Waals surface area contributed by atoms with Crippen LogP contribution >= 0.6 is 0 Å². The third-order valence-electron chi connectivity index (χ3n) is 3.58. The van der Waals surface area contributed by atoms with Crippen LogP contribution in [0.2, 0.25) is 0 Å². The molecule has 2 atom stereocenters. The van der Waals surface area contributed by atoms with Crippen LogP contribution in [-0.4, -0.2) is 19.3 Å². The molecule has 0 radical (unpaired) electrons. The lowest BCUT2D eigenvalue weighted by molar-refractivity contribution is 0.00175. The molecule has 1 aromatic heterocycles. The van der Waals surface area contributed by atoms with Crippen LogP contribution < -0.4 is 10.4 Å². The van der Waals surface area contributed by atoms with E-state index >= 15 is 0 Å². The van der Waals surface area contributed by atoms with Crippen molar-refractivity contribution in [2.75, 3.05) is 13.2 Å². The second-order valence-electron chi connectivity index (χ2n) is 4.72. The second-order valence-corrected chi connectivity index (χ2v) is 4.72. The van der Waals surface area contributed by atoms with Crippen molar-refractivity contribution in [1.29, 1.82) is 0 Å². The molecule has 2 heterocycles. The molecular weight excluding hydrogens is 244 g/mol. The zero-order chi connectivity index (χ0) is 13.4. The van der Waals surface area contributed by atoms with Crippen molar-refractivity contribution in [3.8, 4) is 5.75 Å². The summed E-state index contributed by atoms with van der Waals surface area (Å²) < 4.78 is 16.7. The Kier molecular flexibility index (Phi) is 3.03. The van der Waals surface area contributed by atoms with Crippen molar-refractivity contribution >= 4 is 11.0 Å². The quantitative estimate of drug-likeness (QED) is 0.779. The van der Waals surface area contributed by atoms with Crippen molar-refractivity contribution in [3.05, 3.63) is 40.2 Å². The summed E-state index contributed by atoms with van der Waals surface area (Å²) in [4.78, 5) is 12.1. The first-order chi connectivity index (χ1) is 9.22. The minimum absolute atomic E-state index is 0.0236. The predicted molar refractivity (Wildman–Crippen MR) is 71.8 cm³/mol. The van der Waals surface area contributed by atoms with Crippen LogP contribution in [0.3, 0.4) is 0 Å². The van der Waals surface area contributed by atoms with E-state index in [9.17, 15) is 4.79 Å². The molecular formula is C15H16O4. The van der Waals surface area contributed by atoms with E-state index < -0.39 is 0 Å². The molecule has 0 saturated carbocycles. The highest BCUT2D eigenvalue weighted by molar-refractivity contribution is 5.84. The summed E-state index contributed by atoms with van der Waals surface area (Å²) in [7, 11) is 0. The fraction of sp³-hybridized carbons (Fsp3) is 0.400. The van der Waals surface area contributed by atoms with Crippen LogP contribution in [0.1, 0.15) is 25.3 Å². The van der Waals surface area contributed by atoms with Gasteiger partial charge in [-0.3, -0.25) is 0 Å². The number of ether oxygens (including phenoxy) is 2. The molecule has 1 aromatic carbocycles. The average Bonchev–Trinajstić information content (AvgIpc) is 2.41. The maximum atomic E-state index is 12.1. The zero-order valence-corrected chi connectivity index (χ0v) is 11.0. The van der Waals surface area contributed by atoms with E-state index in [1.165, 1.54) is 0 Å². The largest absolute Gasteiger partial charge is 0.490 e. The summed E-state index contributed by atoms with van der Waals surface area (Å²) in [5.41, 5.74) is 0.822. The number of hydrogen-bond donors (Lipinski definition) is 0. The summed E-state index contributed by atoms with van der Waals surface area (Å²) >= 11 is 0. The van der Waals surface area contributed by atoms with Crippen molar-refractivity contribution in [2.45, 2.75) is 25.9 Å². The number of rotatable bonds is 2. The molecule has 0 bridgehead atoms. The average molecular weight is 260 g/mol. The molecule has 1 aliphatic rings. The van der Waals surface area contributed by atoms with Gasteiger partial charge in [-0.25, -0.2) is 4.79 Å². The highest BCUT2D eigenvalue weighted by Gasteiger charge is 2.32. The first-order valence-electron chi connectivity index (χ1n) is 6.52. The molecule has 19 heavy (non-hydrogen) atoms. The van der Waals surface area contributed by atoms with Gasteiger partial charge in [0.1, 0.15) is 17.9 Å². The lowest BCUT2D eigenvalue weighted by Gasteiger charge is -2.30. The van der Waals surface area contributed by atoms with Gasteiger partial charge in [-0.2, -0.15) is 0 Å². The van der Waals surface area contributed by atoms with Crippen molar-refractivity contribution < 1.29 is 13.9 Å². The van der Waals surface area contributed by atoms with Gasteiger partial charge in [-0.05, 0) is 19.1 Å². The Morgan fingerprint density at radius 2 is 2.16 bits per heavy atom. The summed E-state index contributed by atoms with van der Waals surface area (Å²) in [5, 5.41) is 0.846. The highest BCUT2D eigenvalue weighted by atomic mass is 16.5. The molecule has 0 saturated heterocycles. The smallest absolute Gasteiger partial charge is 0.343 e. The Balaban J connectivity index is 2.19. The normalized spacial score (nSPS) is 22.0. The summed E-state index contributed by atoms with van der Waals surface area (Å²) in [6.45, 7) is 4.99. The number of hydrogen-bond acceptors (Lipinski definition) is 4. The Hall–Kier alpha value is -1.81. The second kappa shape index (κ2) is 4.70. The molecule has 2 unspecified atom stereocenters. The van der Waals surface area contributed by atoms with E-state index in [0.717, 1.165) is 5.39 Å². The maximum absolute atomic E-state index is 12.1. The summed E-state index contributed by atoms with van der Waals surface area (Å²) in [6, 6.07) is 7.43. The van der Waals surface area contributed by atoms with Gasteiger partial charge < -0.3 is 13.9 Å². The van der Waals surface area contributed by atoms with E-state index in [1.54, 1.807) is 6.07 Å². The molecule has 3 rings (SSSR count). The summed E-state index contributed by atoms with van der Waals surface area (Å²) in [5.74, 6) is 0.625. The molecule has 0 fully saturated rings. The molecule has 4 heteroatoms. The predicted octanol–water partition coefficient (Wildman–Crippen LogP) is 2.69. The third kappa shape index (κ3) is 1.92. The number of benzene rings is 1. The van der Waals surface area contributed by atoms with Crippen LogP contribution in [0.15, 0.2) is 33.5 Å². The van der Waals surface area contributed by atoms with Crippen molar-refractivity contribution in [2.24, 2.45) is 0 Å². The van der Waals surface area contributed by atoms with E-state index in [0.29, 0.717) is 30.1 Å². The van der Waals surface area contributed by atoms with E-state index in [-0.39, 0.29) is 17.6 Å². The molecule has 0 aliphatic carbocycles. The molecule has 4 nitrogen and oxygen atoms in total. The van der Waals surface area contributed by atoms with Gasteiger partial charge in [-0.1, -0.05) is 19.1 Å². The molecule has 0 spiro atoms. The minimum atomic E-state index is -0.328. The lowest BCUT2D eigenvalue weighted by Crippen LogP contribution is -2.35. The molecule has 1 aliphatic heterocycles. The Morgan fingerprint density at radius 3 is 2.95 bits per heavy atom. The Morgan fingerprint density at radius 1 is 1.37 bits per heavy atom. The van der Waals surface area contributed by atoms with Crippen LogP contribution in [0.5, 0.6) is 5.75 Å². The van der Waals surface area contributed by atoms with Crippen molar-refractivity contribution in [3.63, 3.8) is 0 Å². The van der Waals surface area contributed by atoms with Gasteiger partial charge in [0.25, 0.3) is 0 Å². The number of para-hydroxylation sites is 1. The van der Waals surface area contributed by atoms with Crippen LogP contribution in [0.25, 0.3) is 11.0 Å². The number of fused-ring (bicyclic) bond motifs is 3. The Bertz CT molecular complexity index is 659. The van der Waals surface area contributed by atoms with Crippen LogP contribution in [-0.2, 0) is 4.74 Å². The fourth-order valence-electron chi connectivity index (χ4n) is 2.59. The van der Waals surface area contributed by atoms with Gasteiger partial charge in [0, 0.05) is 12.5 Å². The minimum Gasteiger partial charge on any atom is -0.490 e. The van der Waals surface area contributed by atoms with Crippen LogP contribution in [0.4, 0.5) is 0 Å². The fourth-order valence-corrected chi connectivity index (χ4v) is 2.59. The van der Waals surface area contributed by atoms with Crippen LogP contribution in [0, 0.1) is 0 Å². The molecule has 0 N–H and O–H groups in total. The molecule has 100 valence electrons. The highest BCUT2D eigenvalue weighted by Crippen LogP contribution is 2.37. The van der Waals surface area contributed by atoms with Gasteiger partial charge in [-0.15, -0.1) is 0 Å². The first kappa shape index (κ1) is 12.2. The van der Waals surface area contributed by atoms with E-state index in [2.05, 4.69) is 0 Å². The lowest BCUT2D eigenvalue weighted by atomic mass is 9.93. The van der Waals surface area contributed by atoms with E-state index in [4.69, 9.17) is 13.9 Å².